The minimum Gasteiger partial charge on any atom is -0.497 e. The minimum atomic E-state index is 0.379. The van der Waals surface area contributed by atoms with Gasteiger partial charge in [-0.15, -0.1) is 0 Å². The van der Waals surface area contributed by atoms with E-state index in [1.807, 2.05) is 12.1 Å². The number of hydrogen-bond donors (Lipinski definition) is 1. The zero-order valence-electron chi connectivity index (χ0n) is 12.4. The Morgan fingerprint density at radius 1 is 1.14 bits per heavy atom. The van der Waals surface area contributed by atoms with Crippen LogP contribution in [0.1, 0.15) is 30.0 Å². The zero-order valence-corrected chi connectivity index (χ0v) is 14.0. The number of rotatable bonds is 5. The van der Waals surface area contributed by atoms with Gasteiger partial charge in [-0.1, -0.05) is 45.8 Å². The molecule has 0 aromatic heterocycles. The van der Waals surface area contributed by atoms with Gasteiger partial charge in [-0.05, 0) is 43.4 Å². The summed E-state index contributed by atoms with van der Waals surface area (Å²) in [6.07, 6.45) is 2.60. The average molecular weight is 346 g/mol. The van der Waals surface area contributed by atoms with Crippen molar-refractivity contribution in [3.8, 4) is 5.75 Å². The number of benzene rings is 2. The molecule has 1 unspecified atom stereocenters. The second-order valence-electron chi connectivity index (χ2n) is 5.75. The molecule has 2 aromatic carbocycles. The number of aryl methyl sites for hydroxylation is 1. The van der Waals surface area contributed by atoms with Crippen LogP contribution in [0.25, 0.3) is 0 Å². The molecule has 2 aromatic rings. The third-order valence-electron chi connectivity index (χ3n) is 3.96. The van der Waals surface area contributed by atoms with Gasteiger partial charge >= 0.3 is 0 Å². The highest BCUT2D eigenvalue weighted by molar-refractivity contribution is 9.10. The Labute approximate surface area is 134 Å². The van der Waals surface area contributed by atoms with Crippen molar-refractivity contribution in [3.63, 3.8) is 0 Å². The summed E-state index contributed by atoms with van der Waals surface area (Å²) in [5.74, 6) is 1.60. The molecule has 1 aliphatic carbocycles. The van der Waals surface area contributed by atoms with Crippen LogP contribution in [-0.4, -0.2) is 7.11 Å². The lowest BCUT2D eigenvalue weighted by molar-refractivity contribution is 0.414. The van der Waals surface area contributed by atoms with Gasteiger partial charge in [0.15, 0.2) is 0 Å². The highest BCUT2D eigenvalue weighted by Gasteiger charge is 2.32. The number of ether oxygens (including phenoxy) is 1. The molecule has 110 valence electrons. The second-order valence-corrected chi connectivity index (χ2v) is 6.67. The molecule has 0 radical (unpaired) electrons. The molecule has 0 spiro atoms. The van der Waals surface area contributed by atoms with Crippen LogP contribution in [-0.2, 0) is 0 Å². The van der Waals surface area contributed by atoms with Crippen molar-refractivity contribution in [2.24, 2.45) is 5.92 Å². The quantitative estimate of drug-likeness (QED) is 0.790. The lowest BCUT2D eigenvalue weighted by Crippen LogP contribution is -2.13. The minimum absolute atomic E-state index is 0.379. The van der Waals surface area contributed by atoms with Gasteiger partial charge in [0.25, 0.3) is 0 Å². The summed E-state index contributed by atoms with van der Waals surface area (Å²) < 4.78 is 6.38. The molecule has 1 saturated carbocycles. The molecule has 0 heterocycles. The maximum Gasteiger partial charge on any atom is 0.122 e. The smallest absolute Gasteiger partial charge is 0.122 e. The molecule has 1 atom stereocenters. The van der Waals surface area contributed by atoms with E-state index in [2.05, 4.69) is 58.5 Å². The van der Waals surface area contributed by atoms with Crippen LogP contribution >= 0.6 is 15.9 Å². The number of halogens is 1. The Kier molecular flexibility index (Phi) is 4.20. The van der Waals surface area contributed by atoms with E-state index in [1.54, 1.807) is 7.11 Å². The molecule has 3 rings (SSSR count). The summed E-state index contributed by atoms with van der Waals surface area (Å²) in [4.78, 5) is 0. The predicted octanol–water partition coefficient (Wildman–Crippen LogP) is 5.33. The molecule has 2 nitrogen and oxygen atoms in total. The van der Waals surface area contributed by atoms with Crippen molar-refractivity contribution in [2.75, 3.05) is 12.4 Å². The monoisotopic (exact) mass is 345 g/mol. The summed E-state index contributed by atoms with van der Waals surface area (Å²) in [5.41, 5.74) is 3.76. The highest BCUT2D eigenvalue weighted by atomic mass is 79.9. The molecule has 0 aliphatic heterocycles. The second kappa shape index (κ2) is 6.10. The topological polar surface area (TPSA) is 21.3 Å². The van der Waals surface area contributed by atoms with Crippen molar-refractivity contribution in [1.29, 1.82) is 0 Å². The van der Waals surface area contributed by atoms with Gasteiger partial charge in [0, 0.05) is 16.2 Å². The van der Waals surface area contributed by atoms with Gasteiger partial charge in [0.2, 0.25) is 0 Å². The molecule has 0 bridgehead atoms. The van der Waals surface area contributed by atoms with Gasteiger partial charge < -0.3 is 10.1 Å². The zero-order chi connectivity index (χ0) is 14.8. The first-order valence-electron chi connectivity index (χ1n) is 7.33. The van der Waals surface area contributed by atoms with Gasteiger partial charge in [-0.2, -0.15) is 0 Å². The molecule has 21 heavy (non-hydrogen) atoms. The number of nitrogens with one attached hydrogen (secondary N) is 1. The molecular weight excluding hydrogens is 326 g/mol. The Bertz CT molecular complexity index is 620. The van der Waals surface area contributed by atoms with Gasteiger partial charge in [0.05, 0.1) is 13.2 Å². The van der Waals surface area contributed by atoms with Crippen molar-refractivity contribution in [2.45, 2.75) is 25.8 Å². The van der Waals surface area contributed by atoms with Crippen LogP contribution in [0, 0.1) is 12.8 Å². The van der Waals surface area contributed by atoms with E-state index in [9.17, 15) is 0 Å². The molecular formula is C18H20BrNO. The maximum atomic E-state index is 5.34. The van der Waals surface area contributed by atoms with Crippen LogP contribution in [0.3, 0.4) is 0 Å². The molecule has 1 aliphatic rings. The fourth-order valence-corrected chi connectivity index (χ4v) is 3.09. The van der Waals surface area contributed by atoms with Gasteiger partial charge in [-0.3, -0.25) is 0 Å². The fourth-order valence-electron chi connectivity index (χ4n) is 2.62. The number of methoxy groups -OCH3 is 1. The summed E-state index contributed by atoms with van der Waals surface area (Å²) in [6, 6.07) is 15.4. The Morgan fingerprint density at radius 2 is 1.86 bits per heavy atom. The van der Waals surface area contributed by atoms with Crippen molar-refractivity contribution in [3.05, 3.63) is 58.1 Å². The molecule has 0 saturated heterocycles. The standard InChI is InChI=1S/C18H20BrNO/c1-12-3-5-13(6-4-12)18(14-7-8-14)20-16-9-15(19)10-17(11-16)21-2/h3-6,9-11,14,18,20H,7-8H2,1-2H3. The predicted molar refractivity (Wildman–Crippen MR) is 91.0 cm³/mol. The Morgan fingerprint density at radius 3 is 2.48 bits per heavy atom. The molecule has 0 amide bonds. The summed E-state index contributed by atoms with van der Waals surface area (Å²) in [5, 5.41) is 3.68. The van der Waals surface area contributed by atoms with Crippen LogP contribution in [0.5, 0.6) is 5.75 Å². The van der Waals surface area contributed by atoms with E-state index in [1.165, 1.54) is 24.0 Å². The first kappa shape index (κ1) is 14.5. The first-order chi connectivity index (χ1) is 10.2. The summed E-state index contributed by atoms with van der Waals surface area (Å²) >= 11 is 3.54. The van der Waals surface area contributed by atoms with Crippen molar-refractivity contribution >= 4 is 21.6 Å². The highest BCUT2D eigenvalue weighted by Crippen LogP contribution is 2.43. The third kappa shape index (κ3) is 3.59. The normalized spacial score (nSPS) is 15.6. The van der Waals surface area contributed by atoms with Crippen molar-refractivity contribution < 1.29 is 4.74 Å². The van der Waals surface area contributed by atoms with Gasteiger partial charge in [0.1, 0.15) is 5.75 Å². The summed E-state index contributed by atoms with van der Waals surface area (Å²) in [7, 11) is 1.70. The van der Waals surface area contributed by atoms with Crippen LogP contribution in [0.4, 0.5) is 5.69 Å². The van der Waals surface area contributed by atoms with E-state index in [0.29, 0.717) is 6.04 Å². The average Bonchev–Trinajstić information content (AvgIpc) is 3.30. The number of anilines is 1. The fraction of sp³-hybridized carbons (Fsp3) is 0.333. The Hall–Kier alpha value is -1.48. The van der Waals surface area contributed by atoms with E-state index >= 15 is 0 Å². The molecule has 3 heteroatoms. The third-order valence-corrected chi connectivity index (χ3v) is 4.42. The SMILES string of the molecule is COc1cc(Br)cc(NC(c2ccc(C)cc2)C2CC2)c1. The molecule has 1 fully saturated rings. The Balaban J connectivity index is 1.85. The lowest BCUT2D eigenvalue weighted by Gasteiger charge is -2.21. The van der Waals surface area contributed by atoms with E-state index in [4.69, 9.17) is 4.74 Å². The van der Waals surface area contributed by atoms with Crippen LogP contribution < -0.4 is 10.1 Å². The van der Waals surface area contributed by atoms with E-state index in [-0.39, 0.29) is 0 Å². The van der Waals surface area contributed by atoms with Crippen molar-refractivity contribution in [1.82, 2.24) is 0 Å². The largest absolute Gasteiger partial charge is 0.497 e. The maximum absolute atomic E-state index is 5.34. The van der Waals surface area contributed by atoms with Gasteiger partial charge in [-0.25, -0.2) is 0 Å². The number of hydrogen-bond acceptors (Lipinski definition) is 2. The van der Waals surface area contributed by atoms with E-state index in [0.717, 1.165) is 21.8 Å². The first-order valence-corrected chi connectivity index (χ1v) is 8.12. The summed E-state index contributed by atoms with van der Waals surface area (Å²) in [6.45, 7) is 2.13. The lowest BCUT2D eigenvalue weighted by atomic mass is 10.0. The van der Waals surface area contributed by atoms with Crippen LogP contribution in [0.15, 0.2) is 46.9 Å². The van der Waals surface area contributed by atoms with Crippen LogP contribution in [0.2, 0.25) is 0 Å². The molecule has 1 N–H and O–H groups in total. The van der Waals surface area contributed by atoms with E-state index < -0.39 is 0 Å².